The van der Waals surface area contributed by atoms with Crippen LogP contribution in [0.15, 0.2) is 83.7 Å². The first-order valence-corrected chi connectivity index (χ1v) is 11.8. The molecule has 2 aromatic heterocycles. The van der Waals surface area contributed by atoms with Crippen molar-refractivity contribution in [1.29, 1.82) is 0 Å². The van der Waals surface area contributed by atoms with E-state index in [0.717, 1.165) is 27.9 Å². The molecule has 0 radical (unpaired) electrons. The number of rotatable bonds is 8. The van der Waals surface area contributed by atoms with E-state index < -0.39 is 0 Å². The molecule has 0 fully saturated rings. The van der Waals surface area contributed by atoms with E-state index in [1.165, 1.54) is 0 Å². The van der Waals surface area contributed by atoms with E-state index in [0.29, 0.717) is 40.8 Å². The van der Waals surface area contributed by atoms with Gasteiger partial charge < -0.3 is 19.8 Å². The van der Waals surface area contributed by atoms with Crippen molar-refractivity contribution in [3.8, 4) is 28.4 Å². The van der Waals surface area contributed by atoms with E-state index >= 15 is 0 Å². The van der Waals surface area contributed by atoms with Gasteiger partial charge in [-0.05, 0) is 54.1 Å². The lowest BCUT2D eigenvalue weighted by Crippen LogP contribution is -2.21. The van der Waals surface area contributed by atoms with Crippen LogP contribution in [0.4, 0.5) is 0 Å². The van der Waals surface area contributed by atoms with Gasteiger partial charge in [0.05, 0.1) is 19.9 Å². The average Bonchev–Trinajstić information content (AvgIpc) is 3.28. The quantitative estimate of drug-likeness (QED) is 0.300. The first kappa shape index (κ1) is 23.7. The van der Waals surface area contributed by atoms with Gasteiger partial charge in [-0.1, -0.05) is 41.9 Å². The number of pyridine rings is 1. The molecule has 182 valence electrons. The monoisotopic (exact) mass is 500 g/mol. The van der Waals surface area contributed by atoms with Crippen molar-refractivity contribution in [1.82, 2.24) is 20.1 Å². The number of aromatic amines is 1. The molecule has 3 aromatic carbocycles. The summed E-state index contributed by atoms with van der Waals surface area (Å²) in [5, 5.41) is 9.76. The van der Waals surface area contributed by atoms with E-state index in [2.05, 4.69) is 10.3 Å². The van der Waals surface area contributed by atoms with E-state index in [1.54, 1.807) is 18.9 Å². The van der Waals surface area contributed by atoms with Crippen molar-refractivity contribution in [3.63, 3.8) is 0 Å². The van der Waals surface area contributed by atoms with Gasteiger partial charge in [0.25, 0.3) is 5.56 Å². The number of H-pyrrole nitrogens is 1. The minimum Gasteiger partial charge on any atom is -0.493 e. The van der Waals surface area contributed by atoms with Crippen LogP contribution in [0.2, 0.25) is 5.02 Å². The average molecular weight is 501 g/mol. The van der Waals surface area contributed by atoms with Crippen LogP contribution in [0, 0.1) is 0 Å². The fourth-order valence-corrected chi connectivity index (χ4v) is 4.27. The van der Waals surface area contributed by atoms with Gasteiger partial charge in [0, 0.05) is 34.6 Å². The van der Waals surface area contributed by atoms with Crippen molar-refractivity contribution in [2.24, 2.45) is 0 Å². The number of nitrogens with one attached hydrogen (secondary N) is 2. The predicted molar refractivity (Wildman–Crippen MR) is 142 cm³/mol. The minimum absolute atomic E-state index is 0.165. The zero-order valence-corrected chi connectivity index (χ0v) is 20.7. The Balaban J connectivity index is 1.57. The summed E-state index contributed by atoms with van der Waals surface area (Å²) in [5.74, 6) is 1.24. The van der Waals surface area contributed by atoms with Crippen LogP contribution in [0.3, 0.4) is 0 Å². The first-order valence-electron chi connectivity index (χ1n) is 11.5. The molecular weight excluding hydrogens is 476 g/mol. The summed E-state index contributed by atoms with van der Waals surface area (Å²) in [6.45, 7) is 1.01. The van der Waals surface area contributed by atoms with E-state index in [-0.39, 0.29) is 5.56 Å². The molecule has 0 atom stereocenters. The van der Waals surface area contributed by atoms with Gasteiger partial charge in [-0.3, -0.25) is 4.79 Å². The standard InChI is InChI=1S/C28H25ClN4O3/c1-35-24-13-10-19(15-25(24)36-2)26-23-14-20(17-30-16-18-8-11-21(29)12-9-18)28(34)31-27(23)33(32-26)22-6-4-3-5-7-22/h3-15,30H,16-17H2,1-2H3,(H,31,34). The molecular formula is C28H25ClN4O3. The van der Waals surface area contributed by atoms with Gasteiger partial charge in [0.2, 0.25) is 0 Å². The maximum atomic E-state index is 13.0. The van der Waals surface area contributed by atoms with Crippen molar-refractivity contribution in [2.45, 2.75) is 13.1 Å². The number of hydrogen-bond acceptors (Lipinski definition) is 5. The Labute approximate surface area is 213 Å². The summed E-state index contributed by atoms with van der Waals surface area (Å²) in [6, 6.07) is 24.9. The molecule has 0 aliphatic carbocycles. The number of ether oxygens (including phenoxy) is 2. The second-order valence-corrected chi connectivity index (χ2v) is 8.72. The van der Waals surface area contributed by atoms with Crippen LogP contribution in [-0.2, 0) is 13.1 Å². The maximum Gasteiger partial charge on any atom is 0.254 e. The summed E-state index contributed by atoms with van der Waals surface area (Å²) >= 11 is 5.98. The van der Waals surface area contributed by atoms with E-state index in [9.17, 15) is 4.79 Å². The summed E-state index contributed by atoms with van der Waals surface area (Å²) in [4.78, 5) is 16.1. The fourth-order valence-electron chi connectivity index (χ4n) is 4.14. The lowest BCUT2D eigenvalue weighted by Gasteiger charge is -2.09. The second-order valence-electron chi connectivity index (χ2n) is 8.28. The lowest BCUT2D eigenvalue weighted by molar-refractivity contribution is 0.355. The van der Waals surface area contributed by atoms with E-state index in [1.807, 2.05) is 78.9 Å². The zero-order valence-electron chi connectivity index (χ0n) is 19.9. The molecule has 0 spiro atoms. The number of methoxy groups -OCH3 is 2. The number of halogens is 1. The molecule has 0 amide bonds. The molecule has 2 N–H and O–H groups in total. The predicted octanol–water partition coefficient (Wildman–Crippen LogP) is 5.34. The molecule has 0 unspecified atom stereocenters. The van der Waals surface area contributed by atoms with Crippen molar-refractivity contribution in [2.75, 3.05) is 14.2 Å². The maximum absolute atomic E-state index is 13.0. The normalized spacial score (nSPS) is 11.1. The Kier molecular flexibility index (Phi) is 6.75. The van der Waals surface area contributed by atoms with Crippen molar-refractivity contribution >= 4 is 22.6 Å². The van der Waals surface area contributed by atoms with Gasteiger partial charge >= 0.3 is 0 Å². The Morgan fingerprint density at radius 2 is 1.67 bits per heavy atom. The number of benzene rings is 3. The fraction of sp³-hybridized carbons (Fsp3) is 0.143. The second kappa shape index (κ2) is 10.3. The molecule has 5 rings (SSSR count). The van der Waals surface area contributed by atoms with Crippen LogP contribution in [0.1, 0.15) is 11.1 Å². The summed E-state index contributed by atoms with van der Waals surface area (Å²) in [6.07, 6.45) is 0. The van der Waals surface area contributed by atoms with Crippen molar-refractivity contribution in [3.05, 3.63) is 105 Å². The third-order valence-corrected chi connectivity index (χ3v) is 6.23. The Morgan fingerprint density at radius 1 is 0.917 bits per heavy atom. The molecule has 2 heterocycles. The molecule has 8 heteroatoms. The number of hydrogen-bond donors (Lipinski definition) is 2. The molecule has 0 aliphatic heterocycles. The topological polar surface area (TPSA) is 81.2 Å². The Bertz CT molecular complexity index is 1560. The van der Waals surface area contributed by atoms with Crippen molar-refractivity contribution < 1.29 is 9.47 Å². The first-order chi connectivity index (χ1) is 17.6. The summed E-state index contributed by atoms with van der Waals surface area (Å²) in [5.41, 5.74) is 4.58. The molecule has 5 aromatic rings. The highest BCUT2D eigenvalue weighted by molar-refractivity contribution is 6.30. The third-order valence-electron chi connectivity index (χ3n) is 5.98. The molecule has 0 saturated heterocycles. The number of fused-ring (bicyclic) bond motifs is 1. The zero-order chi connectivity index (χ0) is 25.1. The smallest absolute Gasteiger partial charge is 0.254 e. The van der Waals surface area contributed by atoms with Crippen LogP contribution in [0.5, 0.6) is 11.5 Å². The minimum atomic E-state index is -0.165. The highest BCUT2D eigenvalue weighted by atomic mass is 35.5. The molecule has 0 bridgehead atoms. The van der Waals surface area contributed by atoms with Gasteiger partial charge in [0.1, 0.15) is 11.3 Å². The molecule has 0 aliphatic rings. The molecule has 36 heavy (non-hydrogen) atoms. The molecule has 7 nitrogen and oxygen atoms in total. The van der Waals surface area contributed by atoms with Gasteiger partial charge in [-0.15, -0.1) is 0 Å². The molecule has 0 saturated carbocycles. The third kappa shape index (κ3) is 4.71. The lowest BCUT2D eigenvalue weighted by atomic mass is 10.1. The highest BCUT2D eigenvalue weighted by Gasteiger charge is 2.18. The SMILES string of the molecule is COc1ccc(-c2nn(-c3ccccc3)c3[nH]c(=O)c(CNCc4ccc(Cl)cc4)cc23)cc1OC. The number of para-hydroxylation sites is 1. The van der Waals surface area contributed by atoms with Crippen LogP contribution < -0.4 is 20.3 Å². The van der Waals surface area contributed by atoms with E-state index in [4.69, 9.17) is 26.2 Å². The summed E-state index contributed by atoms with van der Waals surface area (Å²) in [7, 11) is 3.20. The van der Waals surface area contributed by atoms with Crippen LogP contribution >= 0.6 is 11.6 Å². The van der Waals surface area contributed by atoms with Crippen LogP contribution in [0.25, 0.3) is 28.0 Å². The Morgan fingerprint density at radius 3 is 2.39 bits per heavy atom. The van der Waals surface area contributed by atoms with Crippen LogP contribution in [-0.4, -0.2) is 29.0 Å². The highest BCUT2D eigenvalue weighted by Crippen LogP contribution is 2.35. The Hall–Kier alpha value is -4.07. The number of aromatic nitrogens is 3. The van der Waals surface area contributed by atoms with Gasteiger partial charge in [0.15, 0.2) is 11.5 Å². The largest absolute Gasteiger partial charge is 0.493 e. The number of nitrogens with zero attached hydrogens (tertiary/aromatic N) is 2. The van der Waals surface area contributed by atoms with Gasteiger partial charge in [-0.25, -0.2) is 4.68 Å². The van der Waals surface area contributed by atoms with Gasteiger partial charge in [-0.2, -0.15) is 5.10 Å². The summed E-state index contributed by atoms with van der Waals surface area (Å²) < 4.78 is 12.7.